The van der Waals surface area contributed by atoms with Crippen LogP contribution >= 0.6 is 11.8 Å². The predicted octanol–water partition coefficient (Wildman–Crippen LogP) is 5.27. The third-order valence-electron chi connectivity index (χ3n) is 6.33. The molecule has 0 spiro atoms. The van der Waals surface area contributed by atoms with Crippen molar-refractivity contribution in [2.75, 3.05) is 26.0 Å². The first kappa shape index (κ1) is 34.0. The van der Waals surface area contributed by atoms with E-state index in [0.29, 0.717) is 36.2 Å². The number of thioether (sulfide) groups is 1. The fourth-order valence-corrected chi connectivity index (χ4v) is 4.76. The number of hydrazone groups is 1. The number of aliphatic imine (C=N–C) groups is 1. The molecule has 4 rings (SSSR count). The average Bonchev–Trinajstić information content (AvgIpc) is 3.51. The monoisotopic (exact) mass is 654 g/mol. The Morgan fingerprint density at radius 2 is 1.76 bits per heavy atom. The van der Waals surface area contributed by atoms with E-state index in [4.69, 9.17) is 15.5 Å². The van der Waals surface area contributed by atoms with E-state index >= 15 is 0 Å². The number of nitrogens with two attached hydrogens (primary N) is 1. The van der Waals surface area contributed by atoms with Gasteiger partial charge in [0.2, 0.25) is 5.91 Å². The molecule has 1 aromatic heterocycles. The number of amides is 1. The number of nitrogens with zero attached hydrogens (tertiary/aromatic N) is 5. The maximum atomic E-state index is 12.4. The van der Waals surface area contributed by atoms with E-state index in [1.807, 2.05) is 50.2 Å². The number of halogens is 3. The topological polar surface area (TPSA) is 141 Å². The van der Waals surface area contributed by atoms with E-state index in [9.17, 15) is 18.0 Å². The summed E-state index contributed by atoms with van der Waals surface area (Å²) in [6.45, 7) is 4.86. The molecule has 0 radical (unpaired) electrons. The van der Waals surface area contributed by atoms with Crippen molar-refractivity contribution in [3.8, 4) is 28.6 Å². The Balaban J connectivity index is 1.44. The van der Waals surface area contributed by atoms with Crippen molar-refractivity contribution in [2.24, 2.45) is 15.8 Å². The van der Waals surface area contributed by atoms with Crippen LogP contribution in [0.15, 0.2) is 77.1 Å². The molecule has 0 unspecified atom stereocenters. The number of rotatable bonds is 12. The Morgan fingerprint density at radius 3 is 2.39 bits per heavy atom. The van der Waals surface area contributed by atoms with E-state index in [1.54, 1.807) is 13.3 Å². The largest absolute Gasteiger partial charge is 0.573 e. The third-order valence-corrected chi connectivity index (χ3v) is 7.19. The van der Waals surface area contributed by atoms with Gasteiger partial charge in [-0.3, -0.25) is 10.2 Å². The Morgan fingerprint density at radius 1 is 1.07 bits per heavy atom. The summed E-state index contributed by atoms with van der Waals surface area (Å²) in [4.78, 5) is 21.4. The molecule has 1 amide bonds. The summed E-state index contributed by atoms with van der Waals surface area (Å²) < 4.78 is 48.0. The lowest BCUT2D eigenvalue weighted by atomic mass is 10.1. The SMILES string of the molecule is COc1cc(C)c(N=C(N/N=C\c2ccc(-c3ncn(-c4ccc(OC(F)(F)F)cc4)n3)cc2)SCC(=O)NCCCN)c(C)c1. The van der Waals surface area contributed by atoms with E-state index in [-0.39, 0.29) is 17.4 Å². The highest BCUT2D eigenvalue weighted by Gasteiger charge is 2.31. The number of methoxy groups -OCH3 is 1. The summed E-state index contributed by atoms with van der Waals surface area (Å²) in [5, 5.41) is 12.0. The van der Waals surface area contributed by atoms with Crippen molar-refractivity contribution in [2.45, 2.75) is 26.6 Å². The third kappa shape index (κ3) is 10.1. The highest BCUT2D eigenvalue weighted by molar-refractivity contribution is 8.14. The normalized spacial score (nSPS) is 11.9. The highest BCUT2D eigenvalue weighted by atomic mass is 32.2. The van der Waals surface area contributed by atoms with Crippen LogP contribution in [0.4, 0.5) is 18.9 Å². The maximum absolute atomic E-state index is 12.4. The molecule has 0 fully saturated rings. The molecule has 3 aromatic carbocycles. The first-order chi connectivity index (χ1) is 22.0. The van der Waals surface area contributed by atoms with Crippen LogP contribution in [0.25, 0.3) is 17.1 Å². The van der Waals surface area contributed by atoms with Crippen LogP contribution in [0, 0.1) is 13.8 Å². The van der Waals surface area contributed by atoms with Gasteiger partial charge in [-0.15, -0.1) is 18.3 Å². The van der Waals surface area contributed by atoms with Crippen LogP contribution in [0.3, 0.4) is 0 Å². The number of alkyl halides is 3. The van der Waals surface area contributed by atoms with Crippen molar-refractivity contribution < 1.29 is 27.4 Å². The van der Waals surface area contributed by atoms with Gasteiger partial charge in [0.15, 0.2) is 11.0 Å². The molecule has 0 saturated heterocycles. The number of carbonyl (C=O) groups excluding carboxylic acids is 1. The Kier molecular flexibility index (Phi) is 11.8. The fourth-order valence-electron chi connectivity index (χ4n) is 4.12. The van der Waals surface area contributed by atoms with Crippen LogP contribution in [0.2, 0.25) is 0 Å². The van der Waals surface area contributed by atoms with Crippen LogP contribution in [0.1, 0.15) is 23.1 Å². The zero-order valence-corrected chi connectivity index (χ0v) is 26.2. The number of hydrogen-bond donors (Lipinski definition) is 3. The van der Waals surface area contributed by atoms with Crippen molar-refractivity contribution in [1.29, 1.82) is 0 Å². The highest BCUT2D eigenvalue weighted by Crippen LogP contribution is 2.29. The van der Waals surface area contributed by atoms with Gasteiger partial charge in [0.1, 0.15) is 17.8 Å². The van der Waals surface area contributed by atoms with E-state index < -0.39 is 6.36 Å². The molecule has 0 aliphatic rings. The fraction of sp³-hybridized carbons (Fsp3) is 0.258. The van der Waals surface area contributed by atoms with Gasteiger partial charge in [-0.05, 0) is 79.9 Å². The number of ether oxygens (including phenoxy) is 2. The Bertz CT molecular complexity index is 1650. The second-order valence-corrected chi connectivity index (χ2v) is 10.8. The van der Waals surface area contributed by atoms with Gasteiger partial charge in [0, 0.05) is 12.1 Å². The van der Waals surface area contributed by atoms with Gasteiger partial charge in [-0.25, -0.2) is 14.7 Å². The minimum Gasteiger partial charge on any atom is -0.497 e. The second-order valence-electron chi connectivity index (χ2n) is 9.85. The lowest BCUT2D eigenvalue weighted by Crippen LogP contribution is -2.28. The number of benzene rings is 3. The minimum atomic E-state index is -4.76. The maximum Gasteiger partial charge on any atom is 0.573 e. The van der Waals surface area contributed by atoms with E-state index in [1.165, 1.54) is 47.0 Å². The van der Waals surface area contributed by atoms with Gasteiger partial charge < -0.3 is 20.5 Å². The lowest BCUT2D eigenvalue weighted by molar-refractivity contribution is -0.274. The zero-order chi connectivity index (χ0) is 33.1. The summed E-state index contributed by atoms with van der Waals surface area (Å²) in [5.74, 6) is 0.833. The summed E-state index contributed by atoms with van der Waals surface area (Å²) in [6, 6.07) is 16.4. The van der Waals surface area contributed by atoms with Crippen LogP contribution in [-0.4, -0.2) is 64.4 Å². The smallest absolute Gasteiger partial charge is 0.497 e. The van der Waals surface area contributed by atoms with Crippen molar-refractivity contribution in [3.63, 3.8) is 0 Å². The molecule has 1 heterocycles. The van der Waals surface area contributed by atoms with E-state index in [0.717, 1.165) is 33.7 Å². The van der Waals surface area contributed by atoms with Crippen LogP contribution < -0.4 is 25.9 Å². The molecule has 15 heteroatoms. The number of nitrogens with one attached hydrogen (secondary N) is 2. The van der Waals surface area contributed by atoms with Gasteiger partial charge in [0.05, 0.1) is 30.5 Å². The Labute approximate surface area is 268 Å². The molecule has 0 bridgehead atoms. The zero-order valence-electron chi connectivity index (χ0n) is 25.3. The van der Waals surface area contributed by atoms with Crippen LogP contribution in [-0.2, 0) is 4.79 Å². The first-order valence-electron chi connectivity index (χ1n) is 14.1. The standard InChI is InChI=1S/C31H33F3N8O3S/c1-20-15-26(44-3)16-21(2)28(20)39-30(46-18-27(43)36-14-4-13-35)40-38-17-22-5-7-23(8-6-22)29-37-19-42(41-29)24-9-11-25(12-10-24)45-31(32,33)34/h5-12,15-17,19H,4,13-14,18,35H2,1-3H3,(H,36,43)(H,39,40)/b38-17-. The first-order valence-corrected chi connectivity index (χ1v) is 15.0. The van der Waals surface area contributed by atoms with Gasteiger partial charge in [-0.2, -0.15) is 5.10 Å². The van der Waals surface area contributed by atoms with Crippen molar-refractivity contribution in [1.82, 2.24) is 25.5 Å². The number of aromatic nitrogens is 3. The predicted molar refractivity (Wildman–Crippen MR) is 173 cm³/mol. The van der Waals surface area contributed by atoms with E-state index in [2.05, 4.69) is 30.7 Å². The summed E-state index contributed by atoms with van der Waals surface area (Å²) in [7, 11) is 1.61. The molecule has 4 aromatic rings. The summed E-state index contributed by atoms with van der Waals surface area (Å²) in [6.07, 6.45) is -0.983. The molecular formula is C31H33F3N8O3S. The molecule has 0 aliphatic heterocycles. The molecular weight excluding hydrogens is 621 g/mol. The number of carbonyl (C=O) groups is 1. The molecule has 0 atom stereocenters. The molecule has 242 valence electrons. The van der Waals surface area contributed by atoms with Gasteiger partial charge in [-0.1, -0.05) is 36.0 Å². The number of amidine groups is 1. The van der Waals surface area contributed by atoms with Crippen LogP contribution in [0.5, 0.6) is 11.5 Å². The average molecular weight is 655 g/mol. The molecule has 0 aliphatic carbocycles. The molecule has 11 nitrogen and oxygen atoms in total. The van der Waals surface area contributed by atoms with Crippen molar-refractivity contribution in [3.05, 3.63) is 83.7 Å². The summed E-state index contributed by atoms with van der Waals surface area (Å²) in [5.41, 5.74) is 13.1. The lowest BCUT2D eigenvalue weighted by Gasteiger charge is -2.11. The van der Waals surface area contributed by atoms with Crippen molar-refractivity contribution >= 4 is 34.7 Å². The summed E-state index contributed by atoms with van der Waals surface area (Å²) >= 11 is 1.22. The number of hydrogen-bond acceptors (Lipinski definition) is 9. The van der Waals surface area contributed by atoms with Gasteiger partial charge in [0.25, 0.3) is 0 Å². The number of aryl methyl sites for hydroxylation is 2. The minimum absolute atomic E-state index is 0.139. The molecule has 4 N–H and O–H groups in total. The Hall–Kier alpha value is -4.89. The molecule has 0 saturated carbocycles. The second kappa shape index (κ2) is 15.9. The van der Waals surface area contributed by atoms with Gasteiger partial charge >= 0.3 is 6.36 Å². The quantitative estimate of drug-likeness (QED) is 0.0813. The molecule has 46 heavy (non-hydrogen) atoms.